The Morgan fingerprint density at radius 3 is 2.78 bits per heavy atom. The fraction of sp³-hybridized carbons (Fsp3) is 0.182. The molecule has 2 rings (SSSR count). The predicted octanol–water partition coefficient (Wildman–Crippen LogP) is 1.13. The molecule has 0 saturated carbocycles. The Kier molecular flexibility index (Phi) is 3.83. The van der Waals surface area contributed by atoms with Crippen molar-refractivity contribution in [3.8, 4) is 0 Å². The van der Waals surface area contributed by atoms with Gasteiger partial charge in [-0.25, -0.2) is 0 Å². The van der Waals surface area contributed by atoms with Crippen molar-refractivity contribution >= 4 is 29.0 Å². The van der Waals surface area contributed by atoms with E-state index in [4.69, 9.17) is 5.73 Å². The lowest BCUT2D eigenvalue weighted by Crippen LogP contribution is -2.14. The molecule has 1 amide bonds. The number of nitrogen functional groups attached to an aromatic ring is 1. The van der Waals surface area contributed by atoms with Crippen molar-refractivity contribution in [2.45, 2.75) is 5.16 Å². The molecule has 0 spiro atoms. The SMILES string of the molecule is Cn1cnnc1SCC(=O)Nc1ccc(N)cc1. The molecule has 0 fully saturated rings. The molecule has 0 bridgehead atoms. The lowest BCUT2D eigenvalue weighted by Gasteiger charge is -2.04. The Bertz CT molecular complexity index is 537. The van der Waals surface area contributed by atoms with Gasteiger partial charge in [-0.15, -0.1) is 10.2 Å². The van der Waals surface area contributed by atoms with Crippen LogP contribution >= 0.6 is 11.8 Å². The number of anilines is 2. The van der Waals surface area contributed by atoms with Gasteiger partial charge in [0.25, 0.3) is 0 Å². The number of carbonyl (C=O) groups excluding carboxylic acids is 1. The van der Waals surface area contributed by atoms with E-state index >= 15 is 0 Å². The van der Waals surface area contributed by atoms with Gasteiger partial charge in [-0.1, -0.05) is 11.8 Å². The van der Waals surface area contributed by atoms with Crippen molar-refractivity contribution in [2.24, 2.45) is 7.05 Å². The van der Waals surface area contributed by atoms with E-state index in [9.17, 15) is 4.79 Å². The summed E-state index contributed by atoms with van der Waals surface area (Å²) in [4.78, 5) is 11.7. The highest BCUT2D eigenvalue weighted by Gasteiger charge is 2.06. The zero-order valence-electron chi connectivity index (χ0n) is 9.83. The summed E-state index contributed by atoms with van der Waals surface area (Å²) in [5.41, 5.74) is 6.96. The van der Waals surface area contributed by atoms with Gasteiger partial charge in [0.15, 0.2) is 5.16 Å². The maximum atomic E-state index is 11.7. The Hall–Kier alpha value is -2.02. The summed E-state index contributed by atoms with van der Waals surface area (Å²) >= 11 is 1.34. The molecule has 7 heteroatoms. The minimum Gasteiger partial charge on any atom is -0.399 e. The predicted molar refractivity (Wildman–Crippen MR) is 71.2 cm³/mol. The first-order valence-electron chi connectivity index (χ1n) is 5.27. The molecule has 0 atom stereocenters. The van der Waals surface area contributed by atoms with Crippen molar-refractivity contribution in [2.75, 3.05) is 16.8 Å². The summed E-state index contributed by atoms with van der Waals surface area (Å²) in [5.74, 6) is 0.199. The summed E-state index contributed by atoms with van der Waals surface area (Å²) < 4.78 is 1.77. The van der Waals surface area contributed by atoms with Crippen molar-refractivity contribution in [3.05, 3.63) is 30.6 Å². The van der Waals surface area contributed by atoms with Gasteiger partial charge in [0.1, 0.15) is 6.33 Å². The molecule has 1 heterocycles. The average Bonchev–Trinajstić information content (AvgIpc) is 2.75. The molecule has 18 heavy (non-hydrogen) atoms. The molecule has 1 aromatic heterocycles. The Labute approximate surface area is 109 Å². The second kappa shape index (κ2) is 5.54. The van der Waals surface area contributed by atoms with E-state index in [0.717, 1.165) is 5.69 Å². The van der Waals surface area contributed by atoms with E-state index in [-0.39, 0.29) is 11.7 Å². The largest absolute Gasteiger partial charge is 0.399 e. The first-order chi connectivity index (χ1) is 8.65. The number of nitrogens with two attached hydrogens (primary N) is 1. The number of aromatic nitrogens is 3. The van der Waals surface area contributed by atoms with E-state index in [1.807, 2.05) is 7.05 Å². The normalized spacial score (nSPS) is 10.3. The van der Waals surface area contributed by atoms with E-state index in [2.05, 4.69) is 15.5 Å². The molecular weight excluding hydrogens is 250 g/mol. The number of amides is 1. The van der Waals surface area contributed by atoms with Gasteiger partial charge in [-0.3, -0.25) is 4.79 Å². The van der Waals surface area contributed by atoms with Crippen LogP contribution in [0.5, 0.6) is 0 Å². The molecular formula is C11H13N5OS. The molecule has 1 aromatic carbocycles. The lowest BCUT2D eigenvalue weighted by atomic mass is 10.3. The molecule has 3 N–H and O–H groups in total. The number of carbonyl (C=O) groups is 1. The van der Waals surface area contributed by atoms with Gasteiger partial charge in [0, 0.05) is 18.4 Å². The van der Waals surface area contributed by atoms with Gasteiger partial charge in [-0.2, -0.15) is 0 Å². The summed E-state index contributed by atoms with van der Waals surface area (Å²) in [6.07, 6.45) is 1.60. The summed E-state index contributed by atoms with van der Waals surface area (Å²) in [5, 5.41) is 11.1. The molecule has 0 saturated heterocycles. The summed E-state index contributed by atoms with van der Waals surface area (Å²) in [7, 11) is 1.83. The fourth-order valence-electron chi connectivity index (χ4n) is 1.30. The lowest BCUT2D eigenvalue weighted by molar-refractivity contribution is -0.113. The highest BCUT2D eigenvalue weighted by Crippen LogP contribution is 2.15. The van der Waals surface area contributed by atoms with E-state index in [1.165, 1.54) is 11.8 Å². The third-order valence-electron chi connectivity index (χ3n) is 2.20. The zero-order chi connectivity index (χ0) is 13.0. The fourth-order valence-corrected chi connectivity index (χ4v) is 1.98. The van der Waals surface area contributed by atoms with Crippen LogP contribution in [0.1, 0.15) is 0 Å². The van der Waals surface area contributed by atoms with Gasteiger partial charge in [0.05, 0.1) is 5.75 Å². The van der Waals surface area contributed by atoms with E-state index < -0.39 is 0 Å². The molecule has 0 radical (unpaired) electrons. The molecule has 0 aliphatic rings. The average molecular weight is 263 g/mol. The number of rotatable bonds is 4. The highest BCUT2D eigenvalue weighted by atomic mass is 32.2. The Morgan fingerprint density at radius 1 is 1.44 bits per heavy atom. The second-order valence-electron chi connectivity index (χ2n) is 3.68. The molecule has 94 valence electrons. The quantitative estimate of drug-likeness (QED) is 0.638. The van der Waals surface area contributed by atoms with Gasteiger partial charge in [-0.05, 0) is 24.3 Å². The third-order valence-corrected chi connectivity index (χ3v) is 3.23. The topological polar surface area (TPSA) is 85.8 Å². The standard InChI is InChI=1S/C11H13N5OS/c1-16-7-13-15-11(16)18-6-10(17)14-9-4-2-8(12)3-5-9/h2-5,7H,6,12H2,1H3,(H,14,17). The van der Waals surface area contributed by atoms with Crippen LogP contribution in [0, 0.1) is 0 Å². The number of nitrogens with one attached hydrogen (secondary N) is 1. The first-order valence-corrected chi connectivity index (χ1v) is 6.26. The Balaban J connectivity index is 1.86. The number of hydrogen-bond donors (Lipinski definition) is 2. The third kappa shape index (κ3) is 3.24. The van der Waals surface area contributed by atoms with E-state index in [1.54, 1.807) is 35.2 Å². The smallest absolute Gasteiger partial charge is 0.234 e. The maximum Gasteiger partial charge on any atom is 0.234 e. The number of benzene rings is 1. The second-order valence-corrected chi connectivity index (χ2v) is 4.63. The van der Waals surface area contributed by atoms with Crippen LogP contribution in [0.4, 0.5) is 11.4 Å². The summed E-state index contributed by atoms with van der Waals surface area (Å²) in [6.45, 7) is 0. The molecule has 0 aliphatic carbocycles. The minimum atomic E-state index is -0.0900. The van der Waals surface area contributed by atoms with Crippen molar-refractivity contribution in [1.29, 1.82) is 0 Å². The van der Waals surface area contributed by atoms with Crippen LogP contribution in [0.3, 0.4) is 0 Å². The van der Waals surface area contributed by atoms with Crippen LogP contribution in [0.25, 0.3) is 0 Å². The molecule has 2 aromatic rings. The molecule has 6 nitrogen and oxygen atoms in total. The number of hydrogen-bond acceptors (Lipinski definition) is 5. The van der Waals surface area contributed by atoms with E-state index in [0.29, 0.717) is 10.8 Å². The number of aryl methyl sites for hydroxylation is 1. The number of thioether (sulfide) groups is 1. The first kappa shape index (κ1) is 12.4. The van der Waals surface area contributed by atoms with Crippen LogP contribution in [0.2, 0.25) is 0 Å². The molecule has 0 unspecified atom stereocenters. The summed E-state index contributed by atoms with van der Waals surface area (Å²) in [6, 6.07) is 7.01. The Morgan fingerprint density at radius 2 is 2.17 bits per heavy atom. The van der Waals surface area contributed by atoms with Crippen molar-refractivity contribution in [1.82, 2.24) is 14.8 Å². The monoisotopic (exact) mass is 263 g/mol. The highest BCUT2D eigenvalue weighted by molar-refractivity contribution is 7.99. The van der Waals surface area contributed by atoms with Crippen LogP contribution < -0.4 is 11.1 Å². The molecule has 0 aliphatic heterocycles. The van der Waals surface area contributed by atoms with Gasteiger partial charge in [0.2, 0.25) is 5.91 Å². The minimum absolute atomic E-state index is 0.0900. The van der Waals surface area contributed by atoms with Gasteiger partial charge < -0.3 is 15.6 Å². The van der Waals surface area contributed by atoms with Crippen LogP contribution in [0.15, 0.2) is 35.7 Å². The number of nitrogens with zero attached hydrogens (tertiary/aromatic N) is 3. The van der Waals surface area contributed by atoms with Crippen molar-refractivity contribution < 1.29 is 4.79 Å². The zero-order valence-corrected chi connectivity index (χ0v) is 10.6. The van der Waals surface area contributed by atoms with Gasteiger partial charge >= 0.3 is 0 Å². The van der Waals surface area contributed by atoms with Crippen LogP contribution in [-0.4, -0.2) is 26.4 Å². The van der Waals surface area contributed by atoms with Crippen molar-refractivity contribution in [3.63, 3.8) is 0 Å². The maximum absolute atomic E-state index is 11.7. The van der Waals surface area contributed by atoms with Crippen LogP contribution in [-0.2, 0) is 11.8 Å².